The molecule has 3 aliphatic carbocycles. The number of benzene rings is 2. The van der Waals surface area contributed by atoms with Gasteiger partial charge in [0.2, 0.25) is 0 Å². The summed E-state index contributed by atoms with van der Waals surface area (Å²) in [4.78, 5) is 35.7. The molecule has 184 valence electrons. The molecule has 5 heteroatoms. The van der Waals surface area contributed by atoms with E-state index in [1.54, 1.807) is 12.1 Å². The minimum atomic E-state index is -0.354. The van der Waals surface area contributed by atoms with Crippen LogP contribution in [0.2, 0.25) is 0 Å². The van der Waals surface area contributed by atoms with E-state index in [0.717, 1.165) is 44.8 Å². The van der Waals surface area contributed by atoms with Crippen molar-refractivity contribution in [3.63, 3.8) is 0 Å². The summed E-state index contributed by atoms with van der Waals surface area (Å²) in [6, 6.07) is 15.1. The summed E-state index contributed by atoms with van der Waals surface area (Å²) in [5.74, 6) is 1.78. The Bertz CT molecular complexity index is 1110. The Balaban J connectivity index is 1.43. The molecule has 2 aromatic carbocycles. The molecule has 6 atom stereocenters. The molecule has 5 rings (SSSR count). The Hall–Kier alpha value is -2.95. The summed E-state index contributed by atoms with van der Waals surface area (Å²) in [5.41, 5.74) is 3.12. The van der Waals surface area contributed by atoms with Gasteiger partial charge in [0.1, 0.15) is 18.1 Å². The predicted octanol–water partition coefficient (Wildman–Crippen LogP) is 5.90. The van der Waals surface area contributed by atoms with Crippen LogP contribution in [0.25, 0.3) is 0 Å². The minimum absolute atomic E-state index is 0.00504. The first-order valence-corrected chi connectivity index (χ1v) is 12.9. The highest BCUT2D eigenvalue weighted by Gasteiger charge is 2.58. The first-order valence-electron chi connectivity index (χ1n) is 12.9. The molecule has 2 aromatic rings. The zero-order valence-corrected chi connectivity index (χ0v) is 20.6. The first-order chi connectivity index (χ1) is 16.9. The molecule has 0 heterocycles. The fourth-order valence-electron chi connectivity index (χ4n) is 7.48. The number of esters is 2. The van der Waals surface area contributed by atoms with Crippen molar-refractivity contribution in [2.45, 2.75) is 70.8 Å². The SMILES string of the molecule is CC(=O)O[C@H]1CCC2C3C(CC[C@@]21C)c1ccc(OC(=O)c2ccccc2)cc1C[C@H]3CCC=O. The standard InChI is InChI=1S/C30H34O5/c1-19(32)34-27-13-12-26-28-21(9-6-16-31)17-22-18-23(35-29(33)20-7-4-3-5-8-20)10-11-24(22)25(28)14-15-30(26,27)2/h3-5,7-8,10-11,16,18,21,25-28H,6,9,12-15,17H2,1-2H3/t21-,25?,26?,27+,28?,30+/m1/s1. The molecule has 2 saturated carbocycles. The lowest BCUT2D eigenvalue weighted by Gasteiger charge is -2.53. The molecule has 0 radical (unpaired) electrons. The molecule has 0 N–H and O–H groups in total. The van der Waals surface area contributed by atoms with E-state index in [-0.39, 0.29) is 23.5 Å². The second-order valence-corrected chi connectivity index (χ2v) is 10.8. The van der Waals surface area contributed by atoms with E-state index in [1.165, 1.54) is 18.1 Å². The second kappa shape index (κ2) is 9.60. The molecule has 0 spiro atoms. The van der Waals surface area contributed by atoms with Gasteiger partial charge in [-0.1, -0.05) is 31.2 Å². The van der Waals surface area contributed by atoms with E-state index in [1.807, 2.05) is 30.3 Å². The molecule has 3 unspecified atom stereocenters. The number of fused-ring (bicyclic) bond motifs is 5. The molecule has 3 aliphatic rings. The molecule has 35 heavy (non-hydrogen) atoms. The third-order valence-corrected chi connectivity index (χ3v) is 8.97. The lowest BCUT2D eigenvalue weighted by atomic mass is 9.52. The largest absolute Gasteiger partial charge is 0.462 e. The summed E-state index contributed by atoms with van der Waals surface area (Å²) in [5, 5.41) is 0. The van der Waals surface area contributed by atoms with Crippen molar-refractivity contribution in [3.8, 4) is 5.75 Å². The van der Waals surface area contributed by atoms with Crippen LogP contribution in [0.5, 0.6) is 5.75 Å². The number of aldehydes is 1. The molecule has 0 saturated heterocycles. The Morgan fingerprint density at radius 2 is 1.89 bits per heavy atom. The van der Waals surface area contributed by atoms with Gasteiger partial charge in [0, 0.05) is 18.8 Å². The van der Waals surface area contributed by atoms with Gasteiger partial charge in [-0.25, -0.2) is 4.79 Å². The van der Waals surface area contributed by atoms with Crippen LogP contribution >= 0.6 is 0 Å². The van der Waals surface area contributed by atoms with E-state index in [2.05, 4.69) is 13.0 Å². The Kier molecular flexibility index (Phi) is 6.52. The molecular formula is C30H34O5. The van der Waals surface area contributed by atoms with Crippen LogP contribution in [-0.4, -0.2) is 24.3 Å². The molecule has 5 nitrogen and oxygen atoms in total. The van der Waals surface area contributed by atoms with Gasteiger partial charge < -0.3 is 14.3 Å². The van der Waals surface area contributed by atoms with Crippen molar-refractivity contribution in [1.82, 2.24) is 0 Å². The molecule has 0 bridgehead atoms. The van der Waals surface area contributed by atoms with Crippen LogP contribution in [0, 0.1) is 23.2 Å². The van der Waals surface area contributed by atoms with Gasteiger partial charge in [-0.05, 0) is 97.6 Å². The van der Waals surface area contributed by atoms with Crippen molar-refractivity contribution in [1.29, 1.82) is 0 Å². The predicted molar refractivity (Wildman–Crippen MR) is 132 cm³/mol. The number of hydrogen-bond acceptors (Lipinski definition) is 5. The summed E-state index contributed by atoms with van der Waals surface area (Å²) >= 11 is 0. The van der Waals surface area contributed by atoms with Crippen LogP contribution in [0.15, 0.2) is 48.5 Å². The van der Waals surface area contributed by atoms with Gasteiger partial charge in [-0.15, -0.1) is 0 Å². The lowest BCUT2D eigenvalue weighted by Crippen LogP contribution is -2.48. The highest BCUT2D eigenvalue weighted by Crippen LogP contribution is 2.63. The fraction of sp³-hybridized carbons (Fsp3) is 0.500. The van der Waals surface area contributed by atoms with Gasteiger partial charge in [0.25, 0.3) is 0 Å². The van der Waals surface area contributed by atoms with Gasteiger partial charge in [0.15, 0.2) is 0 Å². The number of hydrogen-bond donors (Lipinski definition) is 0. The highest BCUT2D eigenvalue weighted by atomic mass is 16.5. The van der Waals surface area contributed by atoms with Gasteiger partial charge in [-0.2, -0.15) is 0 Å². The summed E-state index contributed by atoms with van der Waals surface area (Å²) < 4.78 is 11.5. The lowest BCUT2D eigenvalue weighted by molar-refractivity contribution is -0.155. The van der Waals surface area contributed by atoms with Crippen LogP contribution in [-0.2, 0) is 20.7 Å². The van der Waals surface area contributed by atoms with Crippen LogP contribution < -0.4 is 4.74 Å². The van der Waals surface area contributed by atoms with Gasteiger partial charge in [-0.3, -0.25) is 4.79 Å². The van der Waals surface area contributed by atoms with Crippen molar-refractivity contribution in [2.75, 3.05) is 0 Å². The maximum absolute atomic E-state index is 12.6. The normalized spacial score (nSPS) is 31.0. The fourth-order valence-corrected chi connectivity index (χ4v) is 7.48. The van der Waals surface area contributed by atoms with Crippen molar-refractivity contribution in [3.05, 3.63) is 65.2 Å². The summed E-state index contributed by atoms with van der Waals surface area (Å²) in [7, 11) is 0. The maximum atomic E-state index is 12.6. The summed E-state index contributed by atoms with van der Waals surface area (Å²) in [6.07, 6.45) is 7.38. The molecule has 0 amide bonds. The van der Waals surface area contributed by atoms with Crippen molar-refractivity contribution < 1.29 is 23.9 Å². The highest BCUT2D eigenvalue weighted by molar-refractivity contribution is 5.91. The number of carbonyl (C=O) groups excluding carboxylic acids is 3. The Labute approximate surface area is 207 Å². The Morgan fingerprint density at radius 1 is 1.09 bits per heavy atom. The second-order valence-electron chi connectivity index (χ2n) is 10.8. The first kappa shape index (κ1) is 23.8. The van der Waals surface area contributed by atoms with E-state index < -0.39 is 0 Å². The van der Waals surface area contributed by atoms with Crippen LogP contribution in [0.3, 0.4) is 0 Å². The quantitative estimate of drug-likeness (QED) is 0.296. The smallest absolute Gasteiger partial charge is 0.343 e. The maximum Gasteiger partial charge on any atom is 0.343 e. The average molecular weight is 475 g/mol. The van der Waals surface area contributed by atoms with Crippen molar-refractivity contribution >= 4 is 18.2 Å². The molecule has 2 fully saturated rings. The van der Waals surface area contributed by atoms with Crippen molar-refractivity contribution in [2.24, 2.45) is 23.2 Å². The van der Waals surface area contributed by atoms with E-state index in [4.69, 9.17) is 9.47 Å². The third-order valence-electron chi connectivity index (χ3n) is 8.97. The third kappa shape index (κ3) is 4.41. The zero-order valence-electron chi connectivity index (χ0n) is 20.6. The van der Waals surface area contributed by atoms with E-state index >= 15 is 0 Å². The van der Waals surface area contributed by atoms with Gasteiger partial charge >= 0.3 is 11.9 Å². The van der Waals surface area contributed by atoms with Crippen LogP contribution in [0.1, 0.15) is 79.8 Å². The minimum Gasteiger partial charge on any atom is -0.462 e. The van der Waals surface area contributed by atoms with Gasteiger partial charge in [0.05, 0.1) is 5.56 Å². The molecular weight excluding hydrogens is 440 g/mol. The average Bonchev–Trinajstić information content (AvgIpc) is 3.18. The Morgan fingerprint density at radius 3 is 2.63 bits per heavy atom. The molecule has 0 aliphatic heterocycles. The van der Waals surface area contributed by atoms with E-state index in [9.17, 15) is 14.4 Å². The molecule has 0 aromatic heterocycles. The number of ether oxygens (including phenoxy) is 2. The van der Waals surface area contributed by atoms with E-state index in [0.29, 0.717) is 41.4 Å². The number of rotatable bonds is 6. The topological polar surface area (TPSA) is 69.7 Å². The number of carbonyl (C=O) groups is 3. The van der Waals surface area contributed by atoms with Crippen LogP contribution in [0.4, 0.5) is 0 Å². The summed E-state index contributed by atoms with van der Waals surface area (Å²) in [6.45, 7) is 3.82. The zero-order chi connectivity index (χ0) is 24.6. The monoisotopic (exact) mass is 474 g/mol.